The van der Waals surface area contributed by atoms with Crippen LogP contribution in [-0.4, -0.2) is 43.6 Å². The molecular formula is C16H21N5O. The molecule has 0 unspecified atom stereocenters. The molecule has 3 heterocycles. The summed E-state index contributed by atoms with van der Waals surface area (Å²) in [6, 6.07) is 3.92. The molecule has 0 N–H and O–H groups in total. The molecule has 0 aliphatic carbocycles. The second kappa shape index (κ2) is 6.68. The van der Waals surface area contributed by atoms with Crippen LogP contribution >= 0.6 is 0 Å². The van der Waals surface area contributed by atoms with Gasteiger partial charge in [-0.3, -0.25) is 9.48 Å². The van der Waals surface area contributed by atoms with Crippen LogP contribution in [0.1, 0.15) is 36.6 Å². The lowest BCUT2D eigenvalue weighted by molar-refractivity contribution is -0.132. The largest absolute Gasteiger partial charge is 0.342 e. The molecule has 0 radical (unpaired) electrons. The van der Waals surface area contributed by atoms with E-state index in [-0.39, 0.29) is 5.91 Å². The molecule has 22 heavy (non-hydrogen) atoms. The molecule has 3 rings (SSSR count). The van der Waals surface area contributed by atoms with Gasteiger partial charge in [-0.15, -0.1) is 0 Å². The number of aryl methyl sites for hydroxylation is 2. The molecule has 2 aromatic heterocycles. The number of hydrogen-bond acceptors (Lipinski definition) is 4. The molecule has 2 aromatic rings. The number of carbonyl (C=O) groups is 1. The number of aromatic nitrogens is 4. The third-order valence-electron chi connectivity index (χ3n) is 4.31. The van der Waals surface area contributed by atoms with Crippen LogP contribution in [0.4, 0.5) is 0 Å². The predicted octanol–water partition coefficient (Wildman–Crippen LogP) is 1.55. The first-order valence-electron chi connectivity index (χ1n) is 7.74. The van der Waals surface area contributed by atoms with Crippen molar-refractivity contribution in [2.24, 2.45) is 7.05 Å². The summed E-state index contributed by atoms with van der Waals surface area (Å²) < 4.78 is 1.83. The Morgan fingerprint density at radius 1 is 1.36 bits per heavy atom. The van der Waals surface area contributed by atoms with Gasteiger partial charge in [0, 0.05) is 56.3 Å². The van der Waals surface area contributed by atoms with E-state index in [1.54, 1.807) is 18.7 Å². The molecule has 0 spiro atoms. The highest BCUT2D eigenvalue weighted by atomic mass is 16.2. The van der Waals surface area contributed by atoms with Gasteiger partial charge in [0.15, 0.2) is 0 Å². The molecule has 1 saturated heterocycles. The molecule has 6 nitrogen and oxygen atoms in total. The Bertz CT molecular complexity index is 624. The summed E-state index contributed by atoms with van der Waals surface area (Å²) in [7, 11) is 1.91. The van der Waals surface area contributed by atoms with Crippen molar-refractivity contribution in [2.45, 2.75) is 31.6 Å². The molecule has 1 aliphatic heterocycles. The maximum atomic E-state index is 12.4. The molecule has 1 atom stereocenters. The topological polar surface area (TPSA) is 63.9 Å². The molecule has 1 aliphatic rings. The zero-order valence-electron chi connectivity index (χ0n) is 12.9. The number of carbonyl (C=O) groups excluding carboxylic acids is 1. The van der Waals surface area contributed by atoms with Crippen LogP contribution in [0.25, 0.3) is 0 Å². The lowest BCUT2D eigenvalue weighted by Gasteiger charge is -2.32. The van der Waals surface area contributed by atoms with Gasteiger partial charge in [0.2, 0.25) is 5.91 Å². The fraction of sp³-hybridized carbons (Fsp3) is 0.500. The maximum absolute atomic E-state index is 12.4. The molecule has 6 heteroatoms. The van der Waals surface area contributed by atoms with E-state index in [0.29, 0.717) is 12.3 Å². The second-order valence-electron chi connectivity index (χ2n) is 5.76. The summed E-state index contributed by atoms with van der Waals surface area (Å²) >= 11 is 0. The number of hydrogen-bond donors (Lipinski definition) is 0. The third kappa shape index (κ3) is 3.32. The predicted molar refractivity (Wildman–Crippen MR) is 82.1 cm³/mol. The van der Waals surface area contributed by atoms with E-state index in [9.17, 15) is 4.79 Å². The highest BCUT2D eigenvalue weighted by Crippen LogP contribution is 2.25. The molecule has 116 valence electrons. The molecular weight excluding hydrogens is 278 g/mol. The number of rotatable bonds is 4. The van der Waals surface area contributed by atoms with E-state index in [1.165, 1.54) is 0 Å². The van der Waals surface area contributed by atoms with Gasteiger partial charge in [0.1, 0.15) is 6.33 Å². The van der Waals surface area contributed by atoms with Crippen LogP contribution in [0.3, 0.4) is 0 Å². The van der Waals surface area contributed by atoms with Crippen molar-refractivity contribution in [3.05, 3.63) is 42.2 Å². The SMILES string of the molecule is Cn1nccc1CCC(=O)N1CCC[C@H](c2ccncn2)C1. The Hall–Kier alpha value is -2.24. The Morgan fingerprint density at radius 2 is 2.27 bits per heavy atom. The number of likely N-dealkylation sites (tertiary alicyclic amines) is 1. The van der Waals surface area contributed by atoms with Gasteiger partial charge < -0.3 is 4.90 Å². The second-order valence-corrected chi connectivity index (χ2v) is 5.76. The number of nitrogens with zero attached hydrogens (tertiary/aromatic N) is 5. The highest BCUT2D eigenvalue weighted by Gasteiger charge is 2.25. The molecule has 1 amide bonds. The molecule has 0 aromatic carbocycles. The average Bonchev–Trinajstić information content (AvgIpc) is 2.99. The van der Waals surface area contributed by atoms with Crippen LogP contribution in [-0.2, 0) is 18.3 Å². The molecule has 0 saturated carbocycles. The van der Waals surface area contributed by atoms with Crippen molar-refractivity contribution in [1.82, 2.24) is 24.6 Å². The minimum atomic E-state index is 0.222. The van der Waals surface area contributed by atoms with Crippen molar-refractivity contribution in [3.8, 4) is 0 Å². The fourth-order valence-corrected chi connectivity index (χ4v) is 3.03. The zero-order chi connectivity index (χ0) is 15.4. The van der Waals surface area contributed by atoms with Gasteiger partial charge in [0.05, 0.1) is 0 Å². The van der Waals surface area contributed by atoms with Crippen LogP contribution in [0, 0.1) is 0 Å². The summed E-state index contributed by atoms with van der Waals surface area (Å²) in [4.78, 5) is 22.7. The van der Waals surface area contributed by atoms with E-state index >= 15 is 0 Å². The minimum Gasteiger partial charge on any atom is -0.342 e. The Balaban J connectivity index is 1.57. The van der Waals surface area contributed by atoms with Crippen molar-refractivity contribution in [1.29, 1.82) is 0 Å². The van der Waals surface area contributed by atoms with Gasteiger partial charge in [-0.25, -0.2) is 9.97 Å². The molecule has 0 bridgehead atoms. The van der Waals surface area contributed by atoms with Gasteiger partial charge in [-0.1, -0.05) is 0 Å². The Labute approximate surface area is 130 Å². The smallest absolute Gasteiger partial charge is 0.222 e. The summed E-state index contributed by atoms with van der Waals surface area (Å²) in [6.07, 6.45) is 8.52. The quantitative estimate of drug-likeness (QED) is 0.859. The first kappa shape index (κ1) is 14.7. The van der Waals surface area contributed by atoms with E-state index in [1.807, 2.05) is 28.8 Å². The lowest BCUT2D eigenvalue weighted by atomic mass is 9.94. The fourth-order valence-electron chi connectivity index (χ4n) is 3.03. The third-order valence-corrected chi connectivity index (χ3v) is 4.31. The van der Waals surface area contributed by atoms with Gasteiger partial charge in [0.25, 0.3) is 0 Å². The minimum absolute atomic E-state index is 0.222. The van der Waals surface area contributed by atoms with Gasteiger partial charge in [-0.05, 0) is 31.4 Å². The van der Waals surface area contributed by atoms with Crippen molar-refractivity contribution < 1.29 is 4.79 Å². The average molecular weight is 299 g/mol. The Kier molecular flexibility index (Phi) is 4.46. The van der Waals surface area contributed by atoms with Crippen molar-refractivity contribution in [2.75, 3.05) is 13.1 Å². The lowest BCUT2D eigenvalue weighted by Crippen LogP contribution is -2.39. The van der Waals surface area contributed by atoms with Gasteiger partial charge in [-0.2, -0.15) is 5.10 Å². The summed E-state index contributed by atoms with van der Waals surface area (Å²) in [6.45, 7) is 1.62. The Morgan fingerprint density at radius 3 is 3.00 bits per heavy atom. The van der Waals surface area contributed by atoms with E-state index in [2.05, 4.69) is 15.1 Å². The van der Waals surface area contributed by atoms with E-state index in [4.69, 9.17) is 0 Å². The zero-order valence-corrected chi connectivity index (χ0v) is 12.9. The monoisotopic (exact) mass is 299 g/mol. The summed E-state index contributed by atoms with van der Waals surface area (Å²) in [5, 5.41) is 4.14. The number of amides is 1. The van der Waals surface area contributed by atoms with E-state index < -0.39 is 0 Å². The van der Waals surface area contributed by atoms with Gasteiger partial charge >= 0.3 is 0 Å². The maximum Gasteiger partial charge on any atom is 0.222 e. The first-order valence-corrected chi connectivity index (χ1v) is 7.74. The van der Waals surface area contributed by atoms with Crippen LogP contribution < -0.4 is 0 Å². The van der Waals surface area contributed by atoms with E-state index in [0.717, 1.165) is 43.7 Å². The summed E-state index contributed by atoms with van der Waals surface area (Å²) in [5.41, 5.74) is 2.14. The van der Waals surface area contributed by atoms with Crippen LogP contribution in [0.5, 0.6) is 0 Å². The van der Waals surface area contributed by atoms with Crippen LogP contribution in [0.15, 0.2) is 30.9 Å². The normalized spacial score (nSPS) is 18.4. The highest BCUT2D eigenvalue weighted by molar-refractivity contribution is 5.76. The molecule has 1 fully saturated rings. The standard InChI is InChI=1S/C16H21N5O/c1-20-14(6-9-19-20)4-5-16(22)21-10-2-3-13(11-21)15-7-8-17-12-18-15/h6-9,12-13H,2-5,10-11H2,1H3/t13-/m0/s1. The van der Waals surface area contributed by atoms with Crippen molar-refractivity contribution in [3.63, 3.8) is 0 Å². The summed E-state index contributed by atoms with van der Waals surface area (Å²) in [5.74, 6) is 0.553. The van der Waals surface area contributed by atoms with Crippen molar-refractivity contribution >= 4 is 5.91 Å². The van der Waals surface area contributed by atoms with Crippen LogP contribution in [0.2, 0.25) is 0 Å². The number of piperidine rings is 1. The first-order chi connectivity index (χ1) is 10.7.